The van der Waals surface area contributed by atoms with Gasteiger partial charge in [-0.15, -0.1) is 0 Å². The van der Waals surface area contributed by atoms with E-state index in [0.29, 0.717) is 5.69 Å². The summed E-state index contributed by atoms with van der Waals surface area (Å²) in [6, 6.07) is 11.8. The minimum Gasteiger partial charge on any atom is -0.453 e. The second-order valence-corrected chi connectivity index (χ2v) is 7.10. The molecule has 0 saturated heterocycles. The minimum atomic E-state index is -4.06. The van der Waals surface area contributed by atoms with Crippen LogP contribution >= 0.6 is 0 Å². The number of benzene rings is 2. The summed E-state index contributed by atoms with van der Waals surface area (Å²) >= 11 is 0. The van der Waals surface area contributed by atoms with Crippen molar-refractivity contribution in [1.82, 2.24) is 5.32 Å². The van der Waals surface area contributed by atoms with Crippen LogP contribution in [0.2, 0.25) is 0 Å². The molecular weight excluding hydrogens is 400 g/mol. The van der Waals surface area contributed by atoms with Crippen LogP contribution in [0, 0.1) is 0 Å². The highest BCUT2D eigenvalue weighted by Crippen LogP contribution is 2.29. The van der Waals surface area contributed by atoms with Crippen LogP contribution in [-0.2, 0) is 19.6 Å². The lowest BCUT2D eigenvalue weighted by Crippen LogP contribution is -2.36. The Morgan fingerprint density at radius 2 is 1.69 bits per heavy atom. The first kappa shape index (κ1) is 21.7. The van der Waals surface area contributed by atoms with E-state index in [2.05, 4.69) is 25.7 Å². The first-order chi connectivity index (χ1) is 13.7. The molecule has 2 amide bonds. The molecule has 0 spiro atoms. The number of nitrogens with zero attached hydrogens (tertiary/aromatic N) is 1. The zero-order valence-corrected chi connectivity index (χ0v) is 16.7. The van der Waals surface area contributed by atoms with Gasteiger partial charge in [0.1, 0.15) is 10.6 Å². The molecule has 0 aliphatic carbocycles. The Labute approximate surface area is 168 Å². The number of hydrogen-bond donors (Lipinski definition) is 3. The van der Waals surface area contributed by atoms with E-state index in [1.807, 2.05) is 0 Å². The summed E-state index contributed by atoms with van der Waals surface area (Å²) in [7, 11) is -1.46. The Bertz CT molecular complexity index is 1020. The average Bonchev–Trinajstić information content (AvgIpc) is 2.69. The number of aliphatic imine (C=N–C) groups is 1. The van der Waals surface area contributed by atoms with E-state index in [4.69, 9.17) is 4.18 Å². The standard InChI is InChI=1S/C18H20N4O6S/c1-12(23)20-15-10-9-13(28-29(25,26)14-7-5-4-6-8-14)11-16(15)21-17(19-2)22-18(24)27-3/h4-11H,1-3H3,(H,20,23)(H2,19,21,22,24). The molecule has 0 heterocycles. The van der Waals surface area contributed by atoms with Gasteiger partial charge >= 0.3 is 16.2 Å². The summed E-state index contributed by atoms with van der Waals surface area (Å²) in [6.45, 7) is 1.32. The summed E-state index contributed by atoms with van der Waals surface area (Å²) in [5.74, 6) is -0.361. The predicted octanol–water partition coefficient (Wildman–Crippen LogP) is 2.17. The minimum absolute atomic E-state index is 0.00604. The number of carbonyl (C=O) groups excluding carboxylic acids is 2. The van der Waals surface area contributed by atoms with Crippen LogP contribution in [0.15, 0.2) is 58.4 Å². The SMILES string of the molecule is CN=C(NC(=O)OC)Nc1cc(OS(=O)(=O)c2ccccc2)ccc1NC(C)=O. The number of amides is 2. The van der Waals surface area contributed by atoms with Gasteiger partial charge in [0.25, 0.3) is 0 Å². The number of ether oxygens (including phenoxy) is 1. The maximum atomic E-state index is 12.4. The second-order valence-electron chi connectivity index (χ2n) is 5.55. The topological polar surface area (TPSA) is 135 Å². The maximum Gasteiger partial charge on any atom is 0.413 e. The van der Waals surface area contributed by atoms with Crippen molar-refractivity contribution in [3.63, 3.8) is 0 Å². The quantitative estimate of drug-likeness (QED) is 0.383. The van der Waals surface area contributed by atoms with Crippen LogP contribution in [0.3, 0.4) is 0 Å². The van der Waals surface area contributed by atoms with Crippen molar-refractivity contribution in [2.45, 2.75) is 11.8 Å². The number of nitrogens with one attached hydrogen (secondary N) is 3. The fourth-order valence-corrected chi connectivity index (χ4v) is 3.10. The van der Waals surface area contributed by atoms with Gasteiger partial charge in [0.2, 0.25) is 11.9 Å². The van der Waals surface area contributed by atoms with Gasteiger partial charge in [-0.25, -0.2) is 4.79 Å². The molecule has 11 heteroatoms. The van der Waals surface area contributed by atoms with Crippen molar-refractivity contribution >= 4 is 39.5 Å². The molecule has 10 nitrogen and oxygen atoms in total. The molecule has 29 heavy (non-hydrogen) atoms. The number of carbonyl (C=O) groups is 2. The third kappa shape index (κ3) is 6.21. The van der Waals surface area contributed by atoms with Crippen molar-refractivity contribution < 1.29 is 26.9 Å². The molecule has 2 aromatic rings. The normalized spacial score (nSPS) is 11.3. The fourth-order valence-electron chi connectivity index (χ4n) is 2.16. The van der Waals surface area contributed by atoms with Crippen LogP contribution in [0.5, 0.6) is 5.75 Å². The Kier molecular flexibility index (Phi) is 7.15. The van der Waals surface area contributed by atoms with Gasteiger partial charge in [-0.05, 0) is 24.3 Å². The molecule has 0 saturated carbocycles. The number of guanidine groups is 1. The number of alkyl carbamates (subject to hydrolysis) is 1. The summed E-state index contributed by atoms with van der Waals surface area (Å²) in [5, 5.41) is 7.71. The van der Waals surface area contributed by atoms with E-state index >= 15 is 0 Å². The largest absolute Gasteiger partial charge is 0.453 e. The highest BCUT2D eigenvalue weighted by Gasteiger charge is 2.18. The van der Waals surface area contributed by atoms with Crippen LogP contribution in [-0.4, -0.2) is 40.5 Å². The molecule has 0 atom stereocenters. The van der Waals surface area contributed by atoms with Gasteiger partial charge in [0.05, 0.1) is 18.5 Å². The number of anilines is 2. The van der Waals surface area contributed by atoms with Crippen LogP contribution in [0.25, 0.3) is 0 Å². The second kappa shape index (κ2) is 9.55. The fraction of sp³-hybridized carbons (Fsp3) is 0.167. The van der Waals surface area contributed by atoms with Crippen LogP contribution in [0.1, 0.15) is 6.92 Å². The van der Waals surface area contributed by atoms with Crippen molar-refractivity contribution in [2.75, 3.05) is 24.8 Å². The van der Waals surface area contributed by atoms with E-state index in [0.717, 1.165) is 0 Å². The van der Waals surface area contributed by atoms with Gasteiger partial charge in [-0.1, -0.05) is 18.2 Å². The summed E-state index contributed by atoms with van der Waals surface area (Å²) in [4.78, 5) is 26.7. The zero-order chi connectivity index (χ0) is 21.4. The Morgan fingerprint density at radius 3 is 2.28 bits per heavy atom. The van der Waals surface area contributed by atoms with Gasteiger partial charge in [-0.3, -0.25) is 15.1 Å². The van der Waals surface area contributed by atoms with Crippen molar-refractivity contribution in [3.05, 3.63) is 48.5 Å². The van der Waals surface area contributed by atoms with Gasteiger partial charge < -0.3 is 19.6 Å². The summed E-state index contributed by atoms with van der Waals surface area (Å²) < 4.78 is 34.5. The van der Waals surface area contributed by atoms with E-state index in [1.165, 1.54) is 51.4 Å². The van der Waals surface area contributed by atoms with Crippen molar-refractivity contribution in [2.24, 2.45) is 4.99 Å². The van der Waals surface area contributed by atoms with Gasteiger partial charge in [0, 0.05) is 20.0 Å². The maximum absolute atomic E-state index is 12.4. The smallest absolute Gasteiger partial charge is 0.413 e. The zero-order valence-electron chi connectivity index (χ0n) is 15.9. The monoisotopic (exact) mass is 420 g/mol. The molecule has 2 aromatic carbocycles. The Hall–Kier alpha value is -3.60. The van der Waals surface area contributed by atoms with Gasteiger partial charge in [-0.2, -0.15) is 8.42 Å². The average molecular weight is 420 g/mol. The number of rotatable bonds is 5. The molecule has 154 valence electrons. The molecule has 3 N–H and O–H groups in total. The molecular formula is C18H20N4O6S. The molecule has 2 rings (SSSR count). The first-order valence-electron chi connectivity index (χ1n) is 8.25. The molecule has 0 fully saturated rings. The van der Waals surface area contributed by atoms with Crippen molar-refractivity contribution in [1.29, 1.82) is 0 Å². The van der Waals surface area contributed by atoms with E-state index < -0.39 is 16.2 Å². The van der Waals surface area contributed by atoms with Crippen LogP contribution in [0.4, 0.5) is 16.2 Å². The van der Waals surface area contributed by atoms with Crippen molar-refractivity contribution in [3.8, 4) is 5.75 Å². The molecule has 0 radical (unpaired) electrons. The highest BCUT2D eigenvalue weighted by molar-refractivity contribution is 7.87. The molecule has 0 bridgehead atoms. The van der Waals surface area contributed by atoms with Gasteiger partial charge in [0.15, 0.2) is 0 Å². The summed E-state index contributed by atoms with van der Waals surface area (Å²) in [6.07, 6.45) is -0.766. The van der Waals surface area contributed by atoms with Crippen LogP contribution < -0.4 is 20.1 Å². The lowest BCUT2D eigenvalue weighted by atomic mass is 10.2. The highest BCUT2D eigenvalue weighted by atomic mass is 32.2. The van der Waals surface area contributed by atoms with E-state index in [-0.39, 0.29) is 28.2 Å². The first-order valence-corrected chi connectivity index (χ1v) is 9.66. The molecule has 0 unspecified atom stereocenters. The summed E-state index contributed by atoms with van der Waals surface area (Å²) in [5.41, 5.74) is 0.549. The lowest BCUT2D eigenvalue weighted by molar-refractivity contribution is -0.114. The lowest BCUT2D eigenvalue weighted by Gasteiger charge is -2.16. The van der Waals surface area contributed by atoms with E-state index in [9.17, 15) is 18.0 Å². The number of hydrogen-bond acceptors (Lipinski definition) is 7. The molecule has 0 aliphatic rings. The Morgan fingerprint density at radius 1 is 1.00 bits per heavy atom. The molecule has 0 aromatic heterocycles. The number of methoxy groups -OCH3 is 1. The predicted molar refractivity (Wildman–Crippen MR) is 108 cm³/mol. The Balaban J connectivity index is 2.35. The third-order valence-electron chi connectivity index (χ3n) is 3.42. The van der Waals surface area contributed by atoms with E-state index in [1.54, 1.807) is 18.2 Å². The third-order valence-corrected chi connectivity index (χ3v) is 4.68. The molecule has 0 aliphatic heterocycles.